The Hall–Kier alpha value is -4.11. The summed E-state index contributed by atoms with van der Waals surface area (Å²) in [5.41, 5.74) is 2.06. The number of benzene rings is 1. The molecule has 2 aromatic rings. The van der Waals surface area contributed by atoms with Gasteiger partial charge in [0.1, 0.15) is 24.6 Å². The topological polar surface area (TPSA) is 124 Å². The van der Waals surface area contributed by atoms with Crippen LogP contribution in [0.3, 0.4) is 0 Å². The molecule has 46 heavy (non-hydrogen) atoms. The summed E-state index contributed by atoms with van der Waals surface area (Å²) in [6.07, 6.45) is 4.58. The van der Waals surface area contributed by atoms with Gasteiger partial charge in [-0.25, -0.2) is 9.59 Å². The Labute approximate surface area is 271 Å². The summed E-state index contributed by atoms with van der Waals surface area (Å²) in [5, 5.41) is 9.68. The van der Waals surface area contributed by atoms with Crippen molar-refractivity contribution in [3.05, 3.63) is 47.2 Å². The molecule has 0 radical (unpaired) electrons. The van der Waals surface area contributed by atoms with Gasteiger partial charge in [-0.05, 0) is 71.5 Å². The largest absolute Gasteiger partial charge is 0.461 e. The number of nitriles is 1. The second-order valence-electron chi connectivity index (χ2n) is 13.8. The van der Waals surface area contributed by atoms with E-state index in [0.717, 1.165) is 48.6 Å². The SMILES string of the molecule is CC(C)(C)OC(=O)N1CCc2c(nc(OCC3(N4CCCC4)CC3)nc2N2CCN(C(=O)OCc3ccccc3)[C@@H](CC#N)C2)C1. The van der Waals surface area contributed by atoms with Gasteiger partial charge in [-0.15, -0.1) is 0 Å². The normalized spacial score (nSPS) is 20.9. The molecule has 6 rings (SSSR count). The molecule has 246 valence electrons. The van der Waals surface area contributed by atoms with Crippen molar-refractivity contribution in [3.63, 3.8) is 0 Å². The minimum Gasteiger partial charge on any atom is -0.461 e. The molecule has 0 bridgehead atoms. The molecule has 3 aliphatic heterocycles. The lowest BCUT2D eigenvalue weighted by Gasteiger charge is -2.41. The first kappa shape index (κ1) is 31.9. The number of rotatable bonds is 8. The second kappa shape index (κ2) is 13.3. The number of amides is 2. The molecule has 1 aromatic carbocycles. The summed E-state index contributed by atoms with van der Waals surface area (Å²) < 4.78 is 17.7. The van der Waals surface area contributed by atoms with Crippen molar-refractivity contribution in [1.29, 1.82) is 5.26 Å². The number of carbonyl (C=O) groups is 2. The van der Waals surface area contributed by atoms with Gasteiger partial charge in [0, 0.05) is 31.7 Å². The van der Waals surface area contributed by atoms with Crippen LogP contribution in [0, 0.1) is 11.3 Å². The van der Waals surface area contributed by atoms with Crippen LogP contribution < -0.4 is 9.64 Å². The van der Waals surface area contributed by atoms with Gasteiger partial charge in [-0.1, -0.05) is 30.3 Å². The Balaban J connectivity index is 1.21. The summed E-state index contributed by atoms with van der Waals surface area (Å²) in [4.78, 5) is 44.0. The molecule has 12 nitrogen and oxygen atoms in total. The van der Waals surface area contributed by atoms with Crippen LogP contribution in [0.4, 0.5) is 15.4 Å². The predicted octanol–water partition coefficient (Wildman–Crippen LogP) is 4.52. The highest BCUT2D eigenvalue weighted by Crippen LogP contribution is 2.44. The summed E-state index contributed by atoms with van der Waals surface area (Å²) in [5.74, 6) is 0.745. The molecule has 0 unspecified atom stereocenters. The number of aromatic nitrogens is 2. The molecule has 1 saturated carbocycles. The zero-order chi connectivity index (χ0) is 32.3. The maximum absolute atomic E-state index is 13.2. The lowest BCUT2D eigenvalue weighted by molar-refractivity contribution is 0.0219. The number of likely N-dealkylation sites (tertiary alicyclic amines) is 1. The minimum atomic E-state index is -0.603. The Morgan fingerprint density at radius 1 is 1.02 bits per heavy atom. The van der Waals surface area contributed by atoms with E-state index >= 15 is 0 Å². The van der Waals surface area contributed by atoms with E-state index in [2.05, 4.69) is 15.9 Å². The smallest absolute Gasteiger partial charge is 0.410 e. The average Bonchev–Trinajstić information content (AvgIpc) is 3.62. The van der Waals surface area contributed by atoms with Gasteiger partial charge in [-0.2, -0.15) is 15.2 Å². The standard InChI is InChI=1S/C34H45N7O5/c1-33(2,3)46-31(42)39-18-12-27-28(22-39)36-30(45-24-34(13-14-34)40-16-7-8-17-40)37-29(27)38-19-20-41(26(21-38)11-15-35)32(43)44-23-25-9-5-4-6-10-25/h4-6,9-10,26H,7-8,11-14,16-24H2,1-3H3/t26-/m0/s1. The van der Waals surface area contributed by atoms with Crippen molar-refractivity contribution in [1.82, 2.24) is 24.7 Å². The molecule has 1 aromatic heterocycles. The number of hydrogen-bond donors (Lipinski definition) is 0. The van der Waals surface area contributed by atoms with E-state index in [1.165, 1.54) is 12.8 Å². The van der Waals surface area contributed by atoms with E-state index in [1.807, 2.05) is 51.1 Å². The molecule has 1 atom stereocenters. The molecule has 4 heterocycles. The molecule has 12 heteroatoms. The Morgan fingerprint density at radius 3 is 2.48 bits per heavy atom. The summed E-state index contributed by atoms with van der Waals surface area (Å²) in [7, 11) is 0. The summed E-state index contributed by atoms with van der Waals surface area (Å²) in [6, 6.07) is 11.7. The third-order valence-electron chi connectivity index (χ3n) is 9.30. The van der Waals surface area contributed by atoms with Crippen molar-refractivity contribution >= 4 is 18.0 Å². The maximum atomic E-state index is 13.2. The summed E-state index contributed by atoms with van der Waals surface area (Å²) in [6.45, 7) is 10.6. The fourth-order valence-corrected chi connectivity index (χ4v) is 6.65. The number of fused-ring (bicyclic) bond motifs is 1. The van der Waals surface area contributed by atoms with E-state index in [9.17, 15) is 14.9 Å². The van der Waals surface area contributed by atoms with Gasteiger partial charge in [-0.3, -0.25) is 4.90 Å². The van der Waals surface area contributed by atoms with Gasteiger partial charge in [0.25, 0.3) is 0 Å². The first-order valence-electron chi connectivity index (χ1n) is 16.5. The van der Waals surface area contributed by atoms with Crippen molar-refractivity contribution in [2.75, 3.05) is 50.8 Å². The zero-order valence-corrected chi connectivity index (χ0v) is 27.2. The third-order valence-corrected chi connectivity index (χ3v) is 9.30. The van der Waals surface area contributed by atoms with E-state index in [1.54, 1.807) is 9.80 Å². The van der Waals surface area contributed by atoms with Crippen molar-refractivity contribution < 1.29 is 23.8 Å². The van der Waals surface area contributed by atoms with Crippen LogP contribution in [0.15, 0.2) is 30.3 Å². The molecule has 1 aliphatic carbocycles. The van der Waals surface area contributed by atoms with E-state index in [-0.39, 0.29) is 30.7 Å². The van der Waals surface area contributed by atoms with Gasteiger partial charge in [0.2, 0.25) is 0 Å². The maximum Gasteiger partial charge on any atom is 0.410 e. The lowest BCUT2D eigenvalue weighted by Crippen LogP contribution is -2.56. The number of nitrogens with zero attached hydrogens (tertiary/aromatic N) is 7. The van der Waals surface area contributed by atoms with Crippen LogP contribution in [-0.2, 0) is 29.0 Å². The molecule has 0 N–H and O–H groups in total. The molecular weight excluding hydrogens is 586 g/mol. The van der Waals surface area contributed by atoms with Crippen LogP contribution in [-0.4, -0.2) is 99.9 Å². The third kappa shape index (κ3) is 7.30. The number of ether oxygens (including phenoxy) is 3. The Kier molecular flexibility index (Phi) is 9.22. The highest BCUT2D eigenvalue weighted by molar-refractivity contribution is 5.70. The fraction of sp³-hybridized carbons (Fsp3) is 0.618. The Morgan fingerprint density at radius 2 is 1.78 bits per heavy atom. The first-order chi connectivity index (χ1) is 22.1. The molecule has 2 saturated heterocycles. The van der Waals surface area contributed by atoms with E-state index in [0.29, 0.717) is 51.8 Å². The monoisotopic (exact) mass is 631 g/mol. The minimum absolute atomic E-state index is 0.0576. The van der Waals surface area contributed by atoms with Crippen molar-refractivity contribution in [3.8, 4) is 12.1 Å². The molecule has 0 spiro atoms. The van der Waals surface area contributed by atoms with E-state index in [4.69, 9.17) is 24.2 Å². The predicted molar refractivity (Wildman–Crippen MR) is 170 cm³/mol. The van der Waals surface area contributed by atoms with Gasteiger partial charge in [0.05, 0.1) is 36.3 Å². The zero-order valence-electron chi connectivity index (χ0n) is 27.2. The van der Waals surface area contributed by atoms with Gasteiger partial charge < -0.3 is 28.9 Å². The van der Waals surface area contributed by atoms with Crippen LogP contribution in [0.2, 0.25) is 0 Å². The number of carbonyl (C=O) groups excluding carboxylic acids is 2. The van der Waals surface area contributed by atoms with Gasteiger partial charge >= 0.3 is 18.2 Å². The fourth-order valence-electron chi connectivity index (χ4n) is 6.65. The van der Waals surface area contributed by atoms with E-state index < -0.39 is 11.7 Å². The molecule has 4 aliphatic rings. The van der Waals surface area contributed by atoms with Crippen LogP contribution in [0.25, 0.3) is 0 Å². The number of hydrogen-bond acceptors (Lipinski definition) is 10. The second-order valence-corrected chi connectivity index (χ2v) is 13.8. The first-order valence-corrected chi connectivity index (χ1v) is 16.5. The summed E-state index contributed by atoms with van der Waals surface area (Å²) >= 11 is 0. The lowest BCUT2D eigenvalue weighted by atomic mass is 10.0. The number of piperazine rings is 1. The van der Waals surface area contributed by atoms with Crippen molar-refractivity contribution in [2.24, 2.45) is 0 Å². The average molecular weight is 632 g/mol. The van der Waals surface area contributed by atoms with Crippen LogP contribution in [0.5, 0.6) is 6.01 Å². The molecular formula is C34H45N7O5. The highest BCUT2D eigenvalue weighted by Gasteiger charge is 2.49. The van der Waals surface area contributed by atoms with Crippen LogP contribution >= 0.6 is 0 Å². The molecule has 2 amide bonds. The molecule has 3 fully saturated rings. The van der Waals surface area contributed by atoms with Crippen LogP contribution in [0.1, 0.15) is 69.7 Å². The van der Waals surface area contributed by atoms with Gasteiger partial charge in [0.15, 0.2) is 0 Å². The number of anilines is 1. The highest BCUT2D eigenvalue weighted by atomic mass is 16.6. The van der Waals surface area contributed by atoms with Crippen molar-refractivity contribution in [2.45, 2.75) is 89.6 Å². The quantitative estimate of drug-likeness (QED) is 0.411. The Bertz CT molecular complexity index is 1450.